The number of halogens is 1. The second-order valence-electron chi connectivity index (χ2n) is 6.17. The fraction of sp³-hybridized carbons (Fsp3) is 0.263. The highest BCUT2D eigenvalue weighted by Crippen LogP contribution is 2.23. The van der Waals surface area contributed by atoms with Gasteiger partial charge in [0.15, 0.2) is 24.3 Å². The number of nitrogens with one attached hydrogen (secondary N) is 1. The summed E-state index contributed by atoms with van der Waals surface area (Å²) >= 11 is 5.26. The molecule has 0 aliphatic heterocycles. The molecule has 7 heteroatoms. The molecule has 0 saturated carbocycles. The third-order valence-electron chi connectivity index (χ3n) is 3.88. The number of ether oxygens (including phenoxy) is 1. The molecule has 0 spiro atoms. The number of hydrogen-bond acceptors (Lipinski definition) is 4. The molecule has 1 heterocycles. The highest BCUT2D eigenvalue weighted by atomic mass is 32.1. The van der Waals surface area contributed by atoms with Gasteiger partial charge in [-0.1, -0.05) is 42.5 Å². The van der Waals surface area contributed by atoms with Gasteiger partial charge in [-0.05, 0) is 31.3 Å². The summed E-state index contributed by atoms with van der Waals surface area (Å²) in [6.07, 6.45) is -0.552. The number of rotatable bonds is 7. The molecule has 3 aromatic rings. The minimum absolute atomic E-state index is 0.155. The van der Waals surface area contributed by atoms with Crippen molar-refractivity contribution >= 4 is 12.2 Å². The van der Waals surface area contributed by atoms with Crippen molar-refractivity contribution in [1.29, 1.82) is 0 Å². The summed E-state index contributed by atoms with van der Waals surface area (Å²) in [5.74, 6) is 0.0534. The zero-order valence-corrected chi connectivity index (χ0v) is 15.5. The molecular weight excluding hydrogens is 353 g/mol. The summed E-state index contributed by atoms with van der Waals surface area (Å²) in [6, 6.07) is 16.4. The van der Waals surface area contributed by atoms with E-state index in [0.717, 1.165) is 6.54 Å². The maximum Gasteiger partial charge on any atom is 0.292 e. The van der Waals surface area contributed by atoms with Gasteiger partial charge in [0, 0.05) is 5.56 Å². The first-order chi connectivity index (χ1) is 12.5. The van der Waals surface area contributed by atoms with Gasteiger partial charge in [-0.25, -0.2) is 4.39 Å². The Morgan fingerprint density at radius 1 is 1.19 bits per heavy atom. The Kier molecular flexibility index (Phi) is 5.80. The van der Waals surface area contributed by atoms with Gasteiger partial charge in [0.2, 0.25) is 0 Å². The van der Waals surface area contributed by atoms with Crippen LogP contribution in [0.2, 0.25) is 0 Å². The van der Waals surface area contributed by atoms with E-state index in [1.807, 2.05) is 18.2 Å². The van der Waals surface area contributed by atoms with Crippen LogP contribution in [0.4, 0.5) is 4.39 Å². The number of para-hydroxylation sites is 1. The van der Waals surface area contributed by atoms with E-state index in [1.54, 1.807) is 29.8 Å². The van der Waals surface area contributed by atoms with Crippen LogP contribution in [-0.4, -0.2) is 16.8 Å². The molecule has 0 amide bonds. The van der Waals surface area contributed by atoms with Gasteiger partial charge in [0.1, 0.15) is 6.54 Å². The molecule has 0 bridgehead atoms. The standard InChI is InChI=1S/C19H20FN3O2S/c1-14(24-17-11-7-6-10-16(17)20)18-21-23(19(26)25-18)13-22(2)12-15-8-4-3-5-9-15/h3-11,14H,12-13H2,1-2H3/p+1/t14-/m0/s1. The smallest absolute Gasteiger partial charge is 0.292 e. The highest BCUT2D eigenvalue weighted by molar-refractivity contribution is 7.71. The molecule has 1 unspecified atom stereocenters. The number of hydrogen-bond donors (Lipinski definition) is 1. The minimum atomic E-state index is -0.552. The van der Waals surface area contributed by atoms with Crippen molar-refractivity contribution < 1.29 is 18.4 Å². The average molecular weight is 374 g/mol. The lowest BCUT2D eigenvalue weighted by Gasteiger charge is -2.13. The van der Waals surface area contributed by atoms with Crippen molar-refractivity contribution in [2.75, 3.05) is 7.05 Å². The number of aromatic nitrogens is 2. The van der Waals surface area contributed by atoms with E-state index in [4.69, 9.17) is 21.4 Å². The Bertz CT molecular complexity index is 910. The minimum Gasteiger partial charge on any atom is -0.478 e. The fourth-order valence-corrected chi connectivity index (χ4v) is 2.81. The van der Waals surface area contributed by atoms with Crippen molar-refractivity contribution in [3.8, 4) is 5.75 Å². The lowest BCUT2D eigenvalue weighted by molar-refractivity contribution is -0.917. The topological polar surface area (TPSA) is 44.6 Å². The van der Waals surface area contributed by atoms with Crippen molar-refractivity contribution in [1.82, 2.24) is 9.78 Å². The van der Waals surface area contributed by atoms with Crippen LogP contribution in [0.1, 0.15) is 24.5 Å². The van der Waals surface area contributed by atoms with Crippen LogP contribution in [0.3, 0.4) is 0 Å². The second-order valence-corrected chi connectivity index (χ2v) is 6.52. The van der Waals surface area contributed by atoms with Crippen LogP contribution in [0, 0.1) is 10.7 Å². The van der Waals surface area contributed by atoms with Gasteiger partial charge in [-0.2, -0.15) is 4.68 Å². The summed E-state index contributed by atoms with van der Waals surface area (Å²) in [7, 11) is 2.06. The molecule has 0 saturated heterocycles. The number of benzene rings is 2. The van der Waals surface area contributed by atoms with Gasteiger partial charge in [0.25, 0.3) is 10.7 Å². The van der Waals surface area contributed by atoms with Gasteiger partial charge in [-0.15, -0.1) is 5.10 Å². The molecule has 0 fully saturated rings. The average Bonchev–Trinajstić information content (AvgIpc) is 2.98. The molecule has 0 radical (unpaired) electrons. The summed E-state index contributed by atoms with van der Waals surface area (Å²) in [5, 5.41) is 4.39. The van der Waals surface area contributed by atoms with E-state index in [-0.39, 0.29) is 10.6 Å². The molecule has 5 nitrogen and oxygen atoms in total. The van der Waals surface area contributed by atoms with E-state index in [0.29, 0.717) is 12.6 Å². The normalized spacial score (nSPS) is 13.3. The summed E-state index contributed by atoms with van der Waals surface area (Å²) in [5.41, 5.74) is 1.23. The van der Waals surface area contributed by atoms with Crippen molar-refractivity contribution in [2.45, 2.75) is 26.2 Å². The lowest BCUT2D eigenvalue weighted by Crippen LogP contribution is -3.07. The van der Waals surface area contributed by atoms with Crippen LogP contribution in [0.25, 0.3) is 0 Å². The van der Waals surface area contributed by atoms with Crippen LogP contribution in [-0.2, 0) is 13.2 Å². The third-order valence-corrected chi connectivity index (χ3v) is 4.17. The molecule has 1 aromatic heterocycles. The first-order valence-corrected chi connectivity index (χ1v) is 8.78. The van der Waals surface area contributed by atoms with Gasteiger partial charge < -0.3 is 14.1 Å². The monoisotopic (exact) mass is 374 g/mol. The summed E-state index contributed by atoms with van der Waals surface area (Å²) < 4.78 is 26.5. The zero-order chi connectivity index (χ0) is 18.5. The quantitative estimate of drug-likeness (QED) is 0.646. The SMILES string of the molecule is C[C@H](Oc1ccccc1F)c1nn(C[NH+](C)Cc2ccccc2)c(=S)o1. The highest BCUT2D eigenvalue weighted by Gasteiger charge is 2.18. The van der Waals surface area contributed by atoms with Crippen LogP contribution in [0.5, 0.6) is 5.75 Å². The van der Waals surface area contributed by atoms with Gasteiger partial charge >= 0.3 is 0 Å². The van der Waals surface area contributed by atoms with E-state index >= 15 is 0 Å². The zero-order valence-electron chi connectivity index (χ0n) is 14.7. The molecule has 0 aliphatic rings. The number of quaternary nitrogens is 1. The molecule has 2 aromatic carbocycles. The van der Waals surface area contributed by atoms with Crippen LogP contribution >= 0.6 is 12.2 Å². The Morgan fingerprint density at radius 2 is 1.88 bits per heavy atom. The maximum atomic E-state index is 13.7. The van der Waals surface area contributed by atoms with Crippen molar-refractivity contribution in [2.24, 2.45) is 0 Å². The van der Waals surface area contributed by atoms with Gasteiger partial charge in [-0.3, -0.25) is 0 Å². The largest absolute Gasteiger partial charge is 0.478 e. The molecule has 1 N–H and O–H groups in total. The Balaban J connectivity index is 1.66. The fourth-order valence-electron chi connectivity index (χ4n) is 2.62. The first kappa shape index (κ1) is 18.3. The van der Waals surface area contributed by atoms with Crippen LogP contribution < -0.4 is 9.64 Å². The predicted molar refractivity (Wildman–Crippen MR) is 97.8 cm³/mol. The van der Waals surface area contributed by atoms with Crippen molar-refractivity contribution in [3.63, 3.8) is 0 Å². The maximum absolute atomic E-state index is 13.7. The second kappa shape index (κ2) is 8.25. The van der Waals surface area contributed by atoms with E-state index in [1.165, 1.54) is 16.5 Å². The molecule has 2 atom stereocenters. The lowest BCUT2D eigenvalue weighted by atomic mass is 10.2. The Morgan fingerprint density at radius 3 is 2.62 bits per heavy atom. The molecular formula is C19H21FN3O2S+. The van der Waals surface area contributed by atoms with E-state index in [9.17, 15) is 4.39 Å². The summed E-state index contributed by atoms with van der Waals surface area (Å²) in [6.45, 7) is 3.15. The Hall–Kier alpha value is -2.51. The van der Waals surface area contributed by atoms with E-state index < -0.39 is 11.9 Å². The molecule has 136 valence electrons. The predicted octanol–water partition coefficient (Wildman–Crippen LogP) is 3.16. The number of nitrogens with zero attached hydrogens (tertiary/aromatic N) is 2. The van der Waals surface area contributed by atoms with Crippen molar-refractivity contribution in [3.05, 3.63) is 76.7 Å². The Labute approximate surface area is 156 Å². The summed E-state index contributed by atoms with van der Waals surface area (Å²) in [4.78, 5) is 1.48. The third kappa shape index (κ3) is 4.56. The van der Waals surface area contributed by atoms with E-state index in [2.05, 4.69) is 24.3 Å². The molecule has 3 rings (SSSR count). The molecule has 26 heavy (non-hydrogen) atoms. The van der Waals surface area contributed by atoms with Gasteiger partial charge in [0.05, 0.1) is 7.05 Å². The van der Waals surface area contributed by atoms with Crippen LogP contribution in [0.15, 0.2) is 59.0 Å². The first-order valence-electron chi connectivity index (χ1n) is 8.37. The molecule has 0 aliphatic carbocycles.